The van der Waals surface area contributed by atoms with Crippen molar-refractivity contribution >= 4 is 21.2 Å². The predicted octanol–water partition coefficient (Wildman–Crippen LogP) is 8.85. The molecule has 0 atom stereocenters. The number of nitrogens with two attached hydrogens (primary N) is 2. The van der Waals surface area contributed by atoms with Crippen molar-refractivity contribution in [2.24, 2.45) is 0 Å². The lowest BCUT2D eigenvalue weighted by atomic mass is 10.3. The minimum atomic E-state index is -3.76. The Morgan fingerprint density at radius 3 is 0.933 bits per heavy atom. The van der Waals surface area contributed by atoms with Crippen LogP contribution in [0.3, 0.4) is 0 Å². The Labute approximate surface area is 260 Å². The Hall–Kier alpha value is -5.93. The molecule has 0 fully saturated rings. The highest BCUT2D eigenvalue weighted by molar-refractivity contribution is 7.91. The van der Waals surface area contributed by atoms with E-state index in [0.29, 0.717) is 57.4 Å². The van der Waals surface area contributed by atoms with Crippen molar-refractivity contribution in [1.82, 2.24) is 0 Å². The SMILES string of the molecule is Nc1ccccc1Oc1ccc(Oc2ccc(S(=O)(=O)c3ccc(Oc4ccc(Oc5ccccc5N)cc4)cc3)cc2)cc1. The number of benzene rings is 6. The van der Waals surface area contributed by atoms with Gasteiger partial charge in [0.1, 0.15) is 46.0 Å². The van der Waals surface area contributed by atoms with Gasteiger partial charge in [-0.3, -0.25) is 0 Å². The Bertz CT molecular complexity index is 1870. The topological polar surface area (TPSA) is 123 Å². The van der Waals surface area contributed by atoms with E-state index in [9.17, 15) is 8.42 Å². The summed E-state index contributed by atoms with van der Waals surface area (Å²) in [5.74, 6) is 4.46. The second-order valence-electron chi connectivity index (χ2n) is 9.87. The average Bonchev–Trinajstić information content (AvgIpc) is 3.06. The minimum Gasteiger partial charge on any atom is -0.457 e. The zero-order chi connectivity index (χ0) is 31.2. The van der Waals surface area contributed by atoms with Crippen LogP contribution in [0.1, 0.15) is 0 Å². The van der Waals surface area contributed by atoms with Crippen LogP contribution in [0.2, 0.25) is 0 Å². The van der Waals surface area contributed by atoms with Gasteiger partial charge < -0.3 is 30.4 Å². The summed E-state index contributed by atoms with van der Waals surface area (Å²) in [7, 11) is -3.76. The summed E-state index contributed by atoms with van der Waals surface area (Å²) in [5.41, 5.74) is 13.0. The number of hydrogen-bond acceptors (Lipinski definition) is 8. The molecule has 0 aromatic heterocycles. The quantitative estimate of drug-likeness (QED) is 0.146. The lowest BCUT2D eigenvalue weighted by Gasteiger charge is -2.11. The number of sulfone groups is 1. The van der Waals surface area contributed by atoms with Crippen LogP contribution >= 0.6 is 0 Å². The van der Waals surface area contributed by atoms with Crippen LogP contribution in [0.25, 0.3) is 0 Å². The lowest BCUT2D eigenvalue weighted by Crippen LogP contribution is -2.01. The summed E-state index contributed by atoms with van der Waals surface area (Å²) in [6.45, 7) is 0. The van der Waals surface area contributed by atoms with E-state index in [-0.39, 0.29) is 9.79 Å². The standard InChI is InChI=1S/C36H28N2O6S/c37-33-5-1-3-7-35(33)43-29-13-9-25(10-14-29)41-27-17-21-31(22-18-27)45(39,40)32-23-19-28(20-24-32)42-26-11-15-30(16-12-26)44-36-8-4-2-6-34(36)38/h1-24H,37-38H2. The Kier molecular flexibility index (Phi) is 8.26. The molecule has 45 heavy (non-hydrogen) atoms. The van der Waals surface area contributed by atoms with E-state index in [4.69, 9.17) is 30.4 Å². The molecule has 0 saturated heterocycles. The average molecular weight is 617 g/mol. The molecule has 0 radical (unpaired) electrons. The number of ether oxygens (including phenoxy) is 4. The van der Waals surface area contributed by atoms with Gasteiger partial charge in [0.15, 0.2) is 0 Å². The summed E-state index contributed by atoms with van der Waals surface area (Å²) in [4.78, 5) is 0.282. The third kappa shape index (κ3) is 7.01. The molecule has 6 aromatic rings. The van der Waals surface area contributed by atoms with E-state index in [2.05, 4.69) is 0 Å². The van der Waals surface area contributed by atoms with Gasteiger partial charge in [-0.15, -0.1) is 0 Å². The molecule has 0 amide bonds. The first-order valence-electron chi connectivity index (χ1n) is 13.9. The monoisotopic (exact) mass is 616 g/mol. The Balaban J connectivity index is 1.06. The van der Waals surface area contributed by atoms with Crippen molar-refractivity contribution in [3.63, 3.8) is 0 Å². The molecule has 6 rings (SSSR count). The highest BCUT2D eigenvalue weighted by Crippen LogP contribution is 2.32. The zero-order valence-electron chi connectivity index (χ0n) is 23.9. The highest BCUT2D eigenvalue weighted by atomic mass is 32.2. The van der Waals surface area contributed by atoms with Gasteiger partial charge in [0.25, 0.3) is 0 Å². The van der Waals surface area contributed by atoms with E-state index in [1.807, 2.05) is 24.3 Å². The summed E-state index contributed by atoms with van der Waals surface area (Å²) in [6.07, 6.45) is 0. The molecule has 4 N–H and O–H groups in total. The van der Waals surface area contributed by atoms with Crippen molar-refractivity contribution in [2.45, 2.75) is 9.79 Å². The number of hydrogen-bond donors (Lipinski definition) is 2. The number of rotatable bonds is 10. The van der Waals surface area contributed by atoms with Crippen LogP contribution in [-0.2, 0) is 9.84 Å². The van der Waals surface area contributed by atoms with Gasteiger partial charge in [-0.25, -0.2) is 8.42 Å². The second kappa shape index (κ2) is 12.7. The highest BCUT2D eigenvalue weighted by Gasteiger charge is 2.18. The molecule has 8 nitrogen and oxygen atoms in total. The first-order chi connectivity index (χ1) is 21.8. The van der Waals surface area contributed by atoms with Crippen molar-refractivity contribution in [1.29, 1.82) is 0 Å². The number of para-hydroxylation sites is 4. The van der Waals surface area contributed by atoms with Crippen LogP contribution < -0.4 is 30.4 Å². The van der Waals surface area contributed by atoms with Gasteiger partial charge in [0.2, 0.25) is 9.84 Å². The zero-order valence-corrected chi connectivity index (χ0v) is 24.7. The smallest absolute Gasteiger partial charge is 0.206 e. The minimum absolute atomic E-state index is 0.141. The lowest BCUT2D eigenvalue weighted by molar-refractivity contribution is 0.470. The summed E-state index contributed by atoms with van der Waals surface area (Å²) < 4.78 is 49.9. The van der Waals surface area contributed by atoms with E-state index < -0.39 is 9.84 Å². The molecule has 6 aromatic carbocycles. The fourth-order valence-corrected chi connectivity index (χ4v) is 5.60. The molecule has 0 spiro atoms. The van der Waals surface area contributed by atoms with Gasteiger partial charge in [0.05, 0.1) is 21.2 Å². The van der Waals surface area contributed by atoms with E-state index in [0.717, 1.165) is 0 Å². The normalized spacial score (nSPS) is 11.0. The molecule has 0 unspecified atom stereocenters. The summed E-state index contributed by atoms with van der Waals surface area (Å²) in [5, 5.41) is 0. The van der Waals surface area contributed by atoms with Crippen LogP contribution in [-0.4, -0.2) is 8.42 Å². The fraction of sp³-hybridized carbons (Fsp3) is 0. The van der Waals surface area contributed by atoms with Gasteiger partial charge >= 0.3 is 0 Å². The Morgan fingerprint density at radius 2 is 0.622 bits per heavy atom. The number of anilines is 2. The maximum atomic E-state index is 13.3. The van der Waals surface area contributed by atoms with Crippen molar-refractivity contribution in [3.05, 3.63) is 146 Å². The second-order valence-corrected chi connectivity index (χ2v) is 11.8. The first kappa shape index (κ1) is 29.2. The first-order valence-corrected chi connectivity index (χ1v) is 15.4. The fourth-order valence-electron chi connectivity index (χ4n) is 4.33. The van der Waals surface area contributed by atoms with Crippen LogP contribution in [0, 0.1) is 0 Å². The maximum Gasteiger partial charge on any atom is 0.206 e. The Morgan fingerprint density at radius 1 is 0.356 bits per heavy atom. The van der Waals surface area contributed by atoms with E-state index >= 15 is 0 Å². The van der Waals surface area contributed by atoms with Crippen LogP contribution in [0.5, 0.6) is 46.0 Å². The van der Waals surface area contributed by atoms with Crippen molar-refractivity contribution in [3.8, 4) is 46.0 Å². The maximum absolute atomic E-state index is 13.3. The summed E-state index contributed by atoms with van der Waals surface area (Å²) in [6, 6.07) is 41.0. The van der Waals surface area contributed by atoms with Crippen molar-refractivity contribution in [2.75, 3.05) is 11.5 Å². The van der Waals surface area contributed by atoms with Crippen LogP contribution in [0.15, 0.2) is 155 Å². The molecular weight excluding hydrogens is 588 g/mol. The largest absolute Gasteiger partial charge is 0.457 e. The molecular formula is C36H28N2O6S. The third-order valence-corrected chi connectivity index (χ3v) is 8.47. The third-order valence-electron chi connectivity index (χ3n) is 6.68. The molecule has 224 valence electrons. The predicted molar refractivity (Wildman–Crippen MR) is 173 cm³/mol. The van der Waals surface area contributed by atoms with Gasteiger partial charge in [-0.2, -0.15) is 0 Å². The summed E-state index contributed by atoms with van der Waals surface area (Å²) >= 11 is 0. The molecule has 0 aliphatic carbocycles. The van der Waals surface area contributed by atoms with Gasteiger partial charge in [-0.1, -0.05) is 24.3 Å². The molecule has 9 heteroatoms. The van der Waals surface area contributed by atoms with E-state index in [1.54, 1.807) is 97.1 Å². The van der Waals surface area contributed by atoms with Gasteiger partial charge in [-0.05, 0) is 121 Å². The molecule has 0 heterocycles. The van der Waals surface area contributed by atoms with Gasteiger partial charge in [0, 0.05) is 0 Å². The van der Waals surface area contributed by atoms with Crippen molar-refractivity contribution < 1.29 is 27.4 Å². The van der Waals surface area contributed by atoms with E-state index in [1.165, 1.54) is 24.3 Å². The number of nitrogen functional groups attached to an aromatic ring is 2. The molecule has 0 aliphatic rings. The molecule has 0 bridgehead atoms. The molecule has 0 saturated carbocycles. The van der Waals surface area contributed by atoms with Crippen LogP contribution in [0.4, 0.5) is 11.4 Å². The molecule has 0 aliphatic heterocycles.